The zero-order chi connectivity index (χ0) is 19.6. The predicted molar refractivity (Wildman–Crippen MR) is 102 cm³/mol. The maximum atomic E-state index is 13.3. The average molecular weight is 374 g/mol. The standard InChI is InChI=1S/C20H24F2N4O/c1-14-10-16(6-7-18(14)22)13-26-20(23-2)25-9-8-24-19(27)12-15-4-3-5-17(21)11-15/h3-7,10-11H,8-9,12-13H2,1-2H3,(H,24,27)(H2,23,25,26). The molecule has 2 aromatic rings. The summed E-state index contributed by atoms with van der Waals surface area (Å²) >= 11 is 0. The number of carbonyl (C=O) groups is 1. The van der Waals surface area contributed by atoms with Crippen molar-refractivity contribution in [3.63, 3.8) is 0 Å². The fraction of sp³-hybridized carbons (Fsp3) is 0.300. The molecule has 0 saturated carbocycles. The predicted octanol–water partition coefficient (Wildman–Crippen LogP) is 2.30. The molecular formula is C20H24F2N4O. The van der Waals surface area contributed by atoms with E-state index in [0.717, 1.165) is 5.56 Å². The number of carbonyl (C=O) groups excluding carboxylic acids is 1. The molecular weight excluding hydrogens is 350 g/mol. The molecule has 0 bridgehead atoms. The normalized spacial score (nSPS) is 11.2. The van der Waals surface area contributed by atoms with E-state index in [9.17, 15) is 13.6 Å². The van der Waals surface area contributed by atoms with Crippen LogP contribution in [0.5, 0.6) is 0 Å². The Morgan fingerprint density at radius 3 is 2.48 bits per heavy atom. The van der Waals surface area contributed by atoms with Crippen LogP contribution < -0.4 is 16.0 Å². The Bertz CT molecular complexity index is 808. The number of amides is 1. The van der Waals surface area contributed by atoms with Gasteiger partial charge in [-0.25, -0.2) is 8.78 Å². The van der Waals surface area contributed by atoms with Gasteiger partial charge in [-0.2, -0.15) is 0 Å². The maximum Gasteiger partial charge on any atom is 0.224 e. The smallest absolute Gasteiger partial charge is 0.224 e. The number of hydrogen-bond acceptors (Lipinski definition) is 2. The van der Waals surface area contributed by atoms with Gasteiger partial charge in [0.05, 0.1) is 6.42 Å². The van der Waals surface area contributed by atoms with E-state index >= 15 is 0 Å². The van der Waals surface area contributed by atoms with Crippen LogP contribution in [-0.4, -0.2) is 32.0 Å². The Morgan fingerprint density at radius 2 is 1.78 bits per heavy atom. The Kier molecular flexibility index (Phi) is 7.73. The van der Waals surface area contributed by atoms with E-state index in [0.29, 0.717) is 36.7 Å². The molecule has 0 aliphatic rings. The molecule has 1 amide bonds. The number of benzene rings is 2. The van der Waals surface area contributed by atoms with Gasteiger partial charge in [-0.05, 0) is 41.8 Å². The van der Waals surface area contributed by atoms with Crippen LogP contribution in [0.4, 0.5) is 8.78 Å². The van der Waals surface area contributed by atoms with Gasteiger partial charge in [-0.15, -0.1) is 0 Å². The van der Waals surface area contributed by atoms with Crippen molar-refractivity contribution in [3.05, 3.63) is 70.8 Å². The minimum atomic E-state index is -0.354. The molecule has 2 rings (SSSR count). The molecule has 0 spiro atoms. The van der Waals surface area contributed by atoms with Gasteiger partial charge in [0.2, 0.25) is 5.91 Å². The van der Waals surface area contributed by atoms with E-state index in [2.05, 4.69) is 20.9 Å². The fourth-order valence-corrected chi connectivity index (χ4v) is 2.50. The van der Waals surface area contributed by atoms with Crippen molar-refractivity contribution in [1.29, 1.82) is 0 Å². The van der Waals surface area contributed by atoms with Crippen LogP contribution in [0.3, 0.4) is 0 Å². The minimum absolute atomic E-state index is 0.134. The number of aliphatic imine (C=N–C) groups is 1. The lowest BCUT2D eigenvalue weighted by molar-refractivity contribution is -0.120. The Hall–Kier alpha value is -2.96. The van der Waals surface area contributed by atoms with Crippen LogP contribution in [-0.2, 0) is 17.8 Å². The minimum Gasteiger partial charge on any atom is -0.355 e. The summed E-state index contributed by atoms with van der Waals surface area (Å²) < 4.78 is 26.4. The first-order chi connectivity index (χ1) is 13.0. The maximum absolute atomic E-state index is 13.3. The molecule has 0 fully saturated rings. The first-order valence-corrected chi connectivity index (χ1v) is 8.68. The van der Waals surface area contributed by atoms with Crippen molar-refractivity contribution in [2.24, 2.45) is 4.99 Å². The lowest BCUT2D eigenvalue weighted by atomic mass is 10.1. The first-order valence-electron chi connectivity index (χ1n) is 8.68. The van der Waals surface area contributed by atoms with Crippen LogP contribution in [0.2, 0.25) is 0 Å². The highest BCUT2D eigenvalue weighted by Crippen LogP contribution is 2.08. The summed E-state index contributed by atoms with van der Waals surface area (Å²) in [6, 6.07) is 10.9. The lowest BCUT2D eigenvalue weighted by Gasteiger charge is -2.13. The van der Waals surface area contributed by atoms with Crippen LogP contribution in [0, 0.1) is 18.6 Å². The highest BCUT2D eigenvalue weighted by molar-refractivity contribution is 5.80. The van der Waals surface area contributed by atoms with E-state index in [-0.39, 0.29) is 24.0 Å². The highest BCUT2D eigenvalue weighted by Gasteiger charge is 2.05. The number of guanidine groups is 1. The van der Waals surface area contributed by atoms with Crippen LogP contribution in [0.15, 0.2) is 47.5 Å². The second kappa shape index (κ2) is 10.3. The van der Waals surface area contributed by atoms with Gasteiger partial charge in [-0.3, -0.25) is 9.79 Å². The molecule has 0 aliphatic carbocycles. The summed E-state index contributed by atoms with van der Waals surface area (Å²) in [4.78, 5) is 16.0. The first kappa shape index (κ1) is 20.4. The van der Waals surface area contributed by atoms with Crippen molar-refractivity contribution < 1.29 is 13.6 Å². The van der Waals surface area contributed by atoms with Crippen LogP contribution in [0.25, 0.3) is 0 Å². The molecule has 0 aromatic heterocycles. The van der Waals surface area contributed by atoms with E-state index in [1.807, 2.05) is 0 Å². The zero-order valence-corrected chi connectivity index (χ0v) is 15.5. The third-order valence-electron chi connectivity index (χ3n) is 3.90. The highest BCUT2D eigenvalue weighted by atomic mass is 19.1. The Labute approximate surface area is 157 Å². The number of aryl methyl sites for hydroxylation is 1. The summed E-state index contributed by atoms with van der Waals surface area (Å²) in [5, 5.41) is 8.98. The molecule has 0 aliphatic heterocycles. The van der Waals surface area contributed by atoms with Gasteiger partial charge in [0, 0.05) is 26.7 Å². The molecule has 2 aromatic carbocycles. The number of nitrogens with zero attached hydrogens (tertiary/aromatic N) is 1. The van der Waals surface area contributed by atoms with Gasteiger partial charge in [0.1, 0.15) is 11.6 Å². The molecule has 144 valence electrons. The second-order valence-corrected chi connectivity index (χ2v) is 6.09. The average Bonchev–Trinajstić information content (AvgIpc) is 2.64. The SMILES string of the molecule is CN=C(NCCNC(=O)Cc1cccc(F)c1)NCc1ccc(F)c(C)c1. The molecule has 0 atom stereocenters. The summed E-state index contributed by atoms with van der Waals surface area (Å²) in [5.41, 5.74) is 2.17. The summed E-state index contributed by atoms with van der Waals surface area (Å²) in [5.74, 6) is -0.174. The molecule has 0 unspecified atom stereocenters. The number of rotatable bonds is 7. The quantitative estimate of drug-likeness (QED) is 0.396. The monoisotopic (exact) mass is 374 g/mol. The fourth-order valence-electron chi connectivity index (χ4n) is 2.50. The van der Waals surface area contributed by atoms with Crippen LogP contribution >= 0.6 is 0 Å². The summed E-state index contributed by atoms with van der Waals surface area (Å²) in [7, 11) is 1.65. The molecule has 3 N–H and O–H groups in total. The van der Waals surface area contributed by atoms with Gasteiger partial charge >= 0.3 is 0 Å². The van der Waals surface area contributed by atoms with Crippen molar-refractivity contribution in [2.75, 3.05) is 20.1 Å². The Morgan fingerprint density at radius 1 is 1.00 bits per heavy atom. The largest absolute Gasteiger partial charge is 0.355 e. The van der Waals surface area contributed by atoms with E-state index in [4.69, 9.17) is 0 Å². The summed E-state index contributed by atoms with van der Waals surface area (Å²) in [6.45, 7) is 3.12. The number of nitrogens with one attached hydrogen (secondary N) is 3. The van der Waals surface area contributed by atoms with Crippen molar-refractivity contribution in [1.82, 2.24) is 16.0 Å². The van der Waals surface area contributed by atoms with Gasteiger partial charge < -0.3 is 16.0 Å². The van der Waals surface area contributed by atoms with Crippen molar-refractivity contribution >= 4 is 11.9 Å². The third kappa shape index (κ3) is 7.05. The third-order valence-corrected chi connectivity index (χ3v) is 3.90. The topological polar surface area (TPSA) is 65.5 Å². The zero-order valence-electron chi connectivity index (χ0n) is 15.5. The molecule has 5 nitrogen and oxygen atoms in total. The van der Waals surface area contributed by atoms with E-state index in [1.165, 1.54) is 18.2 Å². The molecule has 0 saturated heterocycles. The molecule has 27 heavy (non-hydrogen) atoms. The van der Waals surface area contributed by atoms with Gasteiger partial charge in [0.15, 0.2) is 5.96 Å². The lowest BCUT2D eigenvalue weighted by Crippen LogP contribution is -2.41. The molecule has 7 heteroatoms. The Balaban J connectivity index is 1.68. The number of hydrogen-bond donors (Lipinski definition) is 3. The van der Waals surface area contributed by atoms with E-state index in [1.54, 1.807) is 38.2 Å². The van der Waals surface area contributed by atoms with Gasteiger partial charge in [-0.1, -0.05) is 24.3 Å². The van der Waals surface area contributed by atoms with E-state index < -0.39 is 0 Å². The molecule has 0 radical (unpaired) electrons. The van der Waals surface area contributed by atoms with Crippen molar-refractivity contribution in [2.45, 2.75) is 19.9 Å². The molecule has 0 heterocycles. The number of halogens is 2. The second-order valence-electron chi connectivity index (χ2n) is 6.09. The van der Waals surface area contributed by atoms with Crippen molar-refractivity contribution in [3.8, 4) is 0 Å². The van der Waals surface area contributed by atoms with Crippen LogP contribution in [0.1, 0.15) is 16.7 Å². The van der Waals surface area contributed by atoms with Gasteiger partial charge in [0.25, 0.3) is 0 Å². The summed E-state index contributed by atoms with van der Waals surface area (Å²) in [6.07, 6.45) is 0.134.